The first kappa shape index (κ1) is 54.8. The minimum absolute atomic E-state index is 0.135. The fraction of sp³-hybridized carbons (Fsp3) is 0.600. The molecular weight excluding hydrogens is 863 g/mol. The molecule has 0 radical (unpaired) electrons. The van der Waals surface area contributed by atoms with Crippen LogP contribution in [0, 0.1) is 0 Å². The van der Waals surface area contributed by atoms with Crippen LogP contribution in [-0.4, -0.2) is 68.0 Å². The van der Waals surface area contributed by atoms with Crippen LogP contribution in [0.2, 0.25) is 0 Å². The number of nitrogens with two attached hydrogens (primary N) is 1. The molecule has 9 heteroatoms. The van der Waals surface area contributed by atoms with Crippen molar-refractivity contribution in [3.8, 4) is 0 Å². The molecule has 8 atom stereocenters. The van der Waals surface area contributed by atoms with Gasteiger partial charge in [-0.25, -0.2) is 0 Å². The molecule has 0 bridgehead atoms. The van der Waals surface area contributed by atoms with Crippen LogP contribution in [0.15, 0.2) is 121 Å². The van der Waals surface area contributed by atoms with Crippen molar-refractivity contribution in [2.24, 2.45) is 5.73 Å². The summed E-state index contributed by atoms with van der Waals surface area (Å²) < 4.78 is 53.8. The topological polar surface area (TPSA) is 99.9 Å². The first-order valence-electron chi connectivity index (χ1n) is 26.8. The van der Waals surface area contributed by atoms with Gasteiger partial charge < -0.3 is 43.6 Å². The summed E-state index contributed by atoms with van der Waals surface area (Å²) in [6.07, 6.45) is 20.0. The molecule has 380 valence electrons. The van der Waals surface area contributed by atoms with E-state index in [1.165, 1.54) is 103 Å². The lowest BCUT2D eigenvalue weighted by Crippen LogP contribution is -2.62. The fourth-order valence-electron chi connectivity index (χ4n) is 9.70. The van der Waals surface area contributed by atoms with E-state index in [0.717, 1.165) is 35.1 Å². The average Bonchev–Trinajstić information content (AvgIpc) is 3.69. The second kappa shape index (κ2) is 31.8. The van der Waals surface area contributed by atoms with Crippen molar-refractivity contribution in [1.29, 1.82) is 0 Å². The smallest absolute Gasteiger partial charge is 0.187 e. The molecule has 2 fully saturated rings. The third kappa shape index (κ3) is 20.3. The van der Waals surface area contributed by atoms with Gasteiger partial charge in [-0.3, -0.25) is 0 Å². The summed E-state index contributed by atoms with van der Waals surface area (Å²) in [6, 6.07) is 40.2. The summed E-state index contributed by atoms with van der Waals surface area (Å²) in [4.78, 5) is 0. The number of ether oxygens (including phenoxy) is 8. The molecule has 0 aliphatic carbocycles. The molecule has 2 saturated heterocycles. The molecule has 2 aliphatic heterocycles. The summed E-state index contributed by atoms with van der Waals surface area (Å²) in [5.41, 5.74) is 11.2. The van der Waals surface area contributed by atoms with Crippen molar-refractivity contribution in [1.82, 2.24) is 0 Å². The highest BCUT2D eigenvalue weighted by atomic mass is 16.8. The lowest BCUT2D eigenvalue weighted by Gasteiger charge is -2.46. The Bertz CT molecular complexity index is 1870. The quantitative estimate of drug-likeness (QED) is 0.0452. The highest BCUT2D eigenvalue weighted by Crippen LogP contribution is 2.35. The van der Waals surface area contributed by atoms with E-state index in [1.807, 2.05) is 86.6 Å². The second-order valence-corrected chi connectivity index (χ2v) is 19.9. The zero-order valence-electron chi connectivity index (χ0n) is 42.5. The van der Waals surface area contributed by atoms with Crippen LogP contribution in [0.1, 0.15) is 159 Å². The van der Waals surface area contributed by atoms with Gasteiger partial charge in [0.25, 0.3) is 0 Å². The minimum atomic E-state index is -0.860. The molecule has 2 N–H and O–H groups in total. The normalized spacial score (nSPS) is 22.8. The van der Waals surface area contributed by atoms with E-state index in [-0.39, 0.29) is 25.4 Å². The average molecular weight is 950 g/mol. The van der Waals surface area contributed by atoms with Crippen molar-refractivity contribution in [3.05, 3.63) is 144 Å². The van der Waals surface area contributed by atoms with E-state index in [0.29, 0.717) is 26.4 Å². The van der Waals surface area contributed by atoms with E-state index in [1.54, 1.807) is 0 Å². The van der Waals surface area contributed by atoms with Crippen LogP contribution in [0.4, 0.5) is 0 Å². The van der Waals surface area contributed by atoms with Crippen LogP contribution >= 0.6 is 0 Å². The first-order chi connectivity index (χ1) is 33.9. The molecule has 9 nitrogen and oxygen atoms in total. The predicted octanol–water partition coefficient (Wildman–Crippen LogP) is 13.6. The number of rotatable bonds is 35. The number of unbranched alkanes of at least 4 members (excludes halogenated alkanes) is 16. The zero-order valence-corrected chi connectivity index (χ0v) is 42.5. The Morgan fingerprint density at radius 1 is 0.464 bits per heavy atom. The van der Waals surface area contributed by atoms with Gasteiger partial charge >= 0.3 is 0 Å². The van der Waals surface area contributed by atoms with Gasteiger partial charge in [-0.15, -0.1) is 0 Å². The lowest BCUT2D eigenvalue weighted by molar-refractivity contribution is -0.329. The Morgan fingerprint density at radius 2 is 0.870 bits per heavy atom. The highest BCUT2D eigenvalue weighted by molar-refractivity contribution is 5.16. The Balaban J connectivity index is 1.07. The first-order valence-corrected chi connectivity index (χ1v) is 26.8. The van der Waals surface area contributed by atoms with Gasteiger partial charge in [0, 0.05) is 0 Å². The standard InChI is InChI=1S/C60H87NO8/c1-4-5-6-7-8-9-10-11-12-13-14-15-16-17-18-19-32-41-53-55(69-60(2,3)68-53)52(61)46-66-59-58(65-45-51-39-30-23-31-40-51)57(64-44-50-37-28-22-29-38-50)56(63-43-49-35-26-21-27-36-49)54(67-59)47-62-42-48-33-24-20-25-34-48/h20-31,33-40,52-59H,4-19,32,41-47,61H2,1-3H3/t52-,53+,54+,55-,56-,57-,58+,59-/m0/s1. The second-order valence-electron chi connectivity index (χ2n) is 19.9. The molecule has 0 unspecified atom stereocenters. The summed E-state index contributed by atoms with van der Waals surface area (Å²) >= 11 is 0. The monoisotopic (exact) mass is 950 g/mol. The zero-order chi connectivity index (χ0) is 48.2. The minimum Gasteiger partial charge on any atom is -0.374 e. The van der Waals surface area contributed by atoms with Crippen molar-refractivity contribution >= 4 is 0 Å². The Hall–Kier alpha value is -3.48. The molecule has 69 heavy (non-hydrogen) atoms. The van der Waals surface area contributed by atoms with Gasteiger partial charge in [0.1, 0.15) is 30.5 Å². The number of hydrogen-bond acceptors (Lipinski definition) is 9. The van der Waals surface area contributed by atoms with E-state index in [4.69, 9.17) is 43.6 Å². The molecule has 6 rings (SSSR count). The lowest BCUT2D eigenvalue weighted by atomic mass is 9.97. The van der Waals surface area contributed by atoms with Crippen LogP contribution in [0.3, 0.4) is 0 Å². The maximum atomic E-state index is 7.07. The number of hydrogen-bond donors (Lipinski definition) is 1. The Kier molecular flexibility index (Phi) is 25.3. The van der Waals surface area contributed by atoms with Crippen LogP contribution in [0.25, 0.3) is 0 Å². The predicted molar refractivity (Wildman–Crippen MR) is 276 cm³/mol. The van der Waals surface area contributed by atoms with Crippen molar-refractivity contribution in [2.75, 3.05) is 13.2 Å². The molecule has 0 saturated carbocycles. The van der Waals surface area contributed by atoms with Gasteiger partial charge in [0.2, 0.25) is 0 Å². The van der Waals surface area contributed by atoms with Gasteiger partial charge in [0.05, 0.1) is 51.8 Å². The van der Waals surface area contributed by atoms with E-state index in [2.05, 4.69) is 55.5 Å². The van der Waals surface area contributed by atoms with Crippen molar-refractivity contribution in [2.45, 2.75) is 218 Å². The molecule has 2 aliphatic rings. The molecule has 4 aromatic rings. The van der Waals surface area contributed by atoms with Gasteiger partial charge in [-0.05, 0) is 42.5 Å². The van der Waals surface area contributed by atoms with E-state index in [9.17, 15) is 0 Å². The highest BCUT2D eigenvalue weighted by Gasteiger charge is 2.50. The fourth-order valence-corrected chi connectivity index (χ4v) is 9.70. The molecular formula is C60H87NO8. The van der Waals surface area contributed by atoms with Crippen molar-refractivity contribution < 1.29 is 37.9 Å². The summed E-state index contributed by atoms with van der Waals surface area (Å²) in [5, 5.41) is 0. The summed E-state index contributed by atoms with van der Waals surface area (Å²) in [7, 11) is 0. The van der Waals surface area contributed by atoms with Gasteiger partial charge in [0.15, 0.2) is 12.1 Å². The van der Waals surface area contributed by atoms with Crippen LogP contribution < -0.4 is 5.73 Å². The largest absolute Gasteiger partial charge is 0.374 e. The molecule has 2 heterocycles. The molecule has 0 spiro atoms. The van der Waals surface area contributed by atoms with Crippen LogP contribution in [-0.2, 0) is 64.3 Å². The molecule has 0 amide bonds. The third-order valence-electron chi connectivity index (χ3n) is 13.5. The Labute approximate surface area is 416 Å². The van der Waals surface area contributed by atoms with Crippen LogP contribution in [0.5, 0.6) is 0 Å². The SMILES string of the molecule is CCCCCCCCCCCCCCCCCCC[C@H]1OC(C)(C)O[C@H]1[C@@H](N)CO[C@H]1O[C@H](COCc2ccccc2)[C@H](OCc2ccccc2)[C@H](OCc2ccccc2)[C@H]1OCc1ccccc1. The van der Waals surface area contributed by atoms with Gasteiger partial charge in [-0.2, -0.15) is 0 Å². The van der Waals surface area contributed by atoms with E-state index >= 15 is 0 Å². The maximum absolute atomic E-state index is 7.07. The van der Waals surface area contributed by atoms with Gasteiger partial charge in [-0.1, -0.05) is 237 Å². The molecule has 0 aromatic heterocycles. The maximum Gasteiger partial charge on any atom is 0.187 e. The third-order valence-corrected chi connectivity index (χ3v) is 13.5. The van der Waals surface area contributed by atoms with Crippen molar-refractivity contribution in [3.63, 3.8) is 0 Å². The summed E-state index contributed by atoms with van der Waals surface area (Å²) in [5.74, 6) is -0.745. The Morgan fingerprint density at radius 3 is 1.33 bits per heavy atom. The number of benzene rings is 4. The van der Waals surface area contributed by atoms with E-state index < -0.39 is 42.5 Å². The summed E-state index contributed by atoms with van der Waals surface area (Å²) in [6.45, 7) is 8.08. The molecule has 4 aromatic carbocycles.